The molecule has 0 radical (unpaired) electrons. The maximum Gasteiger partial charge on any atom is 0.335 e. The molecule has 0 amide bonds. The van der Waals surface area contributed by atoms with E-state index in [9.17, 15) is 9.90 Å². The Morgan fingerprint density at radius 2 is 1.84 bits per heavy atom. The van der Waals surface area contributed by atoms with E-state index in [2.05, 4.69) is 13.8 Å². The Balaban J connectivity index is 4.18. The molecule has 0 aliphatic heterocycles. The lowest BCUT2D eigenvalue weighted by atomic mass is 10.1. The lowest BCUT2D eigenvalue weighted by Crippen LogP contribution is -2.06. The second-order valence-electron chi connectivity index (χ2n) is 4.89. The van der Waals surface area contributed by atoms with Crippen molar-refractivity contribution in [1.82, 2.24) is 0 Å². The van der Waals surface area contributed by atoms with Crippen molar-refractivity contribution in [3.8, 4) is 0 Å². The largest absolute Gasteiger partial charge is 0.478 e. The Labute approximate surface area is 117 Å². The van der Waals surface area contributed by atoms with Crippen molar-refractivity contribution in [3.05, 3.63) is 23.8 Å². The van der Waals surface area contributed by atoms with Crippen LogP contribution in [0, 0.1) is 0 Å². The predicted molar refractivity (Wildman–Crippen MR) is 79.1 cm³/mol. The standard InChI is InChI=1S/C16H28O3/c1-3-5-7-9-10-14(16(18)19)12-13-15(17)11-8-6-4-2/h9-10,12,15,17H,3-8,11,13H2,1-2H3,(H,18,19)/b10-9+,14-12?/t15-/m0/s1. The number of carboxylic acid groups (broad SMARTS) is 1. The van der Waals surface area contributed by atoms with Gasteiger partial charge >= 0.3 is 5.97 Å². The zero-order valence-corrected chi connectivity index (χ0v) is 12.3. The van der Waals surface area contributed by atoms with Gasteiger partial charge in [-0.05, 0) is 19.3 Å². The quantitative estimate of drug-likeness (QED) is 0.337. The molecule has 0 saturated heterocycles. The zero-order chi connectivity index (χ0) is 14.5. The van der Waals surface area contributed by atoms with E-state index < -0.39 is 12.1 Å². The molecule has 0 aliphatic carbocycles. The monoisotopic (exact) mass is 268 g/mol. The number of hydrogen-bond acceptors (Lipinski definition) is 2. The molecule has 0 aliphatic rings. The van der Waals surface area contributed by atoms with Crippen molar-refractivity contribution in [2.75, 3.05) is 0 Å². The molecular weight excluding hydrogens is 240 g/mol. The molecule has 2 N–H and O–H groups in total. The summed E-state index contributed by atoms with van der Waals surface area (Å²) in [6.45, 7) is 4.23. The molecule has 110 valence electrons. The van der Waals surface area contributed by atoms with Gasteiger partial charge in [-0.2, -0.15) is 0 Å². The Morgan fingerprint density at radius 1 is 1.16 bits per heavy atom. The maximum atomic E-state index is 11.0. The third-order valence-electron chi connectivity index (χ3n) is 3.02. The summed E-state index contributed by atoms with van der Waals surface area (Å²) in [5.41, 5.74) is 0.283. The maximum absolute atomic E-state index is 11.0. The number of aliphatic hydroxyl groups excluding tert-OH is 1. The van der Waals surface area contributed by atoms with E-state index in [0.29, 0.717) is 6.42 Å². The minimum Gasteiger partial charge on any atom is -0.478 e. The Kier molecular flexibility index (Phi) is 11.3. The topological polar surface area (TPSA) is 57.5 Å². The van der Waals surface area contributed by atoms with E-state index in [1.807, 2.05) is 6.08 Å². The molecule has 19 heavy (non-hydrogen) atoms. The third-order valence-corrected chi connectivity index (χ3v) is 3.02. The predicted octanol–water partition coefficient (Wildman–Crippen LogP) is 4.08. The SMILES string of the molecule is CCCC/C=C/C(=CC[C@@H](O)CCCCC)C(=O)O. The number of aliphatic carboxylic acids is 1. The van der Waals surface area contributed by atoms with Crippen molar-refractivity contribution in [2.24, 2.45) is 0 Å². The summed E-state index contributed by atoms with van der Waals surface area (Å²) >= 11 is 0. The van der Waals surface area contributed by atoms with Crippen LogP contribution in [-0.4, -0.2) is 22.3 Å². The van der Waals surface area contributed by atoms with Crippen LogP contribution in [0.1, 0.15) is 65.2 Å². The first-order chi connectivity index (χ1) is 9.11. The van der Waals surface area contributed by atoms with Gasteiger partial charge in [0.1, 0.15) is 0 Å². The van der Waals surface area contributed by atoms with Crippen molar-refractivity contribution >= 4 is 5.97 Å². The number of unbranched alkanes of at least 4 members (excludes halogenated alkanes) is 4. The molecule has 0 heterocycles. The molecule has 0 aromatic heterocycles. The normalized spacial score (nSPS) is 13.9. The number of aliphatic hydroxyl groups is 1. The molecule has 3 heteroatoms. The lowest BCUT2D eigenvalue weighted by Gasteiger charge is -2.07. The van der Waals surface area contributed by atoms with E-state index in [0.717, 1.165) is 44.9 Å². The molecular formula is C16H28O3. The van der Waals surface area contributed by atoms with Gasteiger partial charge in [0.05, 0.1) is 11.7 Å². The van der Waals surface area contributed by atoms with E-state index >= 15 is 0 Å². The molecule has 0 unspecified atom stereocenters. The van der Waals surface area contributed by atoms with Gasteiger partial charge in [0.15, 0.2) is 0 Å². The van der Waals surface area contributed by atoms with Crippen molar-refractivity contribution < 1.29 is 15.0 Å². The Hall–Kier alpha value is -1.09. The van der Waals surface area contributed by atoms with Crippen molar-refractivity contribution in [1.29, 1.82) is 0 Å². The van der Waals surface area contributed by atoms with Crippen LogP contribution in [0.2, 0.25) is 0 Å². The number of allylic oxidation sites excluding steroid dienone is 1. The molecule has 3 nitrogen and oxygen atoms in total. The fourth-order valence-corrected chi connectivity index (χ4v) is 1.77. The first-order valence-electron chi connectivity index (χ1n) is 7.39. The van der Waals surface area contributed by atoms with E-state index in [1.165, 1.54) is 0 Å². The highest BCUT2D eigenvalue weighted by atomic mass is 16.4. The van der Waals surface area contributed by atoms with Gasteiger partial charge in [0, 0.05) is 0 Å². The van der Waals surface area contributed by atoms with Crippen LogP contribution in [0.25, 0.3) is 0 Å². The molecule has 0 spiro atoms. The fourth-order valence-electron chi connectivity index (χ4n) is 1.77. The minimum atomic E-state index is -0.923. The molecule has 0 bridgehead atoms. The molecule has 0 aromatic carbocycles. The van der Waals surface area contributed by atoms with Gasteiger partial charge in [0.25, 0.3) is 0 Å². The summed E-state index contributed by atoms with van der Waals surface area (Å²) in [6.07, 6.45) is 12.2. The van der Waals surface area contributed by atoms with Crippen molar-refractivity contribution in [2.45, 2.75) is 71.3 Å². The summed E-state index contributed by atoms with van der Waals surface area (Å²) in [5, 5.41) is 18.8. The van der Waals surface area contributed by atoms with Crippen LogP contribution >= 0.6 is 0 Å². The molecule has 0 fully saturated rings. The summed E-state index contributed by atoms with van der Waals surface area (Å²) in [7, 11) is 0. The number of hydrogen-bond donors (Lipinski definition) is 2. The van der Waals surface area contributed by atoms with Gasteiger partial charge in [-0.25, -0.2) is 4.79 Å². The van der Waals surface area contributed by atoms with Gasteiger partial charge in [-0.3, -0.25) is 0 Å². The van der Waals surface area contributed by atoms with Gasteiger partial charge in [-0.1, -0.05) is 64.2 Å². The Morgan fingerprint density at radius 3 is 2.42 bits per heavy atom. The number of rotatable bonds is 11. The van der Waals surface area contributed by atoms with Gasteiger partial charge in [-0.15, -0.1) is 0 Å². The lowest BCUT2D eigenvalue weighted by molar-refractivity contribution is -0.132. The summed E-state index contributed by atoms with van der Waals surface area (Å²) in [5.74, 6) is -0.923. The average Bonchev–Trinajstić information content (AvgIpc) is 2.37. The Bertz CT molecular complexity index is 292. The van der Waals surface area contributed by atoms with Crippen LogP contribution in [0.4, 0.5) is 0 Å². The van der Waals surface area contributed by atoms with Crippen LogP contribution in [-0.2, 0) is 4.79 Å². The van der Waals surface area contributed by atoms with Gasteiger partial charge in [0.2, 0.25) is 0 Å². The summed E-state index contributed by atoms with van der Waals surface area (Å²) in [6, 6.07) is 0. The van der Waals surface area contributed by atoms with E-state index in [-0.39, 0.29) is 5.57 Å². The highest BCUT2D eigenvalue weighted by Gasteiger charge is 2.06. The molecule has 0 rings (SSSR count). The van der Waals surface area contributed by atoms with Crippen LogP contribution < -0.4 is 0 Å². The highest BCUT2D eigenvalue weighted by Crippen LogP contribution is 2.10. The van der Waals surface area contributed by atoms with Crippen LogP contribution in [0.5, 0.6) is 0 Å². The average molecular weight is 268 g/mol. The summed E-state index contributed by atoms with van der Waals surface area (Å²) < 4.78 is 0. The van der Waals surface area contributed by atoms with Gasteiger partial charge < -0.3 is 10.2 Å². The number of carbonyl (C=O) groups is 1. The molecule has 1 atom stereocenters. The smallest absolute Gasteiger partial charge is 0.335 e. The number of carboxylic acids is 1. The van der Waals surface area contributed by atoms with E-state index in [1.54, 1.807) is 12.2 Å². The van der Waals surface area contributed by atoms with Crippen molar-refractivity contribution in [3.63, 3.8) is 0 Å². The fraction of sp³-hybridized carbons (Fsp3) is 0.688. The molecule has 0 aromatic rings. The first-order valence-corrected chi connectivity index (χ1v) is 7.39. The highest BCUT2D eigenvalue weighted by molar-refractivity contribution is 5.89. The second kappa shape index (κ2) is 12.0. The van der Waals surface area contributed by atoms with E-state index in [4.69, 9.17) is 5.11 Å². The first kappa shape index (κ1) is 17.9. The summed E-state index contributed by atoms with van der Waals surface area (Å²) in [4.78, 5) is 11.0. The third kappa shape index (κ3) is 10.5. The zero-order valence-electron chi connectivity index (χ0n) is 12.3. The van der Waals surface area contributed by atoms with Crippen LogP contribution in [0.3, 0.4) is 0 Å². The minimum absolute atomic E-state index is 0.283. The van der Waals surface area contributed by atoms with Crippen LogP contribution in [0.15, 0.2) is 23.8 Å². The molecule has 0 saturated carbocycles. The second-order valence-corrected chi connectivity index (χ2v) is 4.89.